The van der Waals surface area contributed by atoms with Crippen LogP contribution in [0.2, 0.25) is 0 Å². The second kappa shape index (κ2) is 6.13. The summed E-state index contributed by atoms with van der Waals surface area (Å²) in [4.78, 5) is 26.9. The summed E-state index contributed by atoms with van der Waals surface area (Å²) in [5.74, 6) is -0.279. The molecular formula is C15H14N2O4. The van der Waals surface area contributed by atoms with Crippen molar-refractivity contribution in [2.75, 3.05) is 7.11 Å². The Hall–Kier alpha value is -2.76. The highest BCUT2D eigenvalue weighted by atomic mass is 16.6. The molecule has 0 unspecified atom stereocenters. The molecule has 0 radical (unpaired) electrons. The van der Waals surface area contributed by atoms with Crippen molar-refractivity contribution in [3.8, 4) is 5.75 Å². The molecule has 0 aliphatic heterocycles. The number of ether oxygens (including phenoxy) is 1. The van der Waals surface area contributed by atoms with E-state index in [1.54, 1.807) is 12.3 Å². The zero-order chi connectivity index (χ0) is 15.4. The number of nitrogens with zero attached hydrogens (tertiary/aromatic N) is 2. The quantitative estimate of drug-likeness (QED) is 0.479. The van der Waals surface area contributed by atoms with Crippen LogP contribution in [-0.4, -0.2) is 22.8 Å². The standard InChI is InChI=1S/C15H14N2O4/c1-10-5-4-8-16-12(10)9-14(18)11-6-3-7-13(17(19)20)15(11)21-2/h3-8H,9H2,1-2H3. The van der Waals surface area contributed by atoms with Crippen LogP contribution in [-0.2, 0) is 6.42 Å². The number of hydrogen-bond donors (Lipinski definition) is 0. The summed E-state index contributed by atoms with van der Waals surface area (Å²) in [7, 11) is 1.31. The summed E-state index contributed by atoms with van der Waals surface area (Å²) in [5.41, 5.74) is 1.52. The highest BCUT2D eigenvalue weighted by Gasteiger charge is 2.22. The molecule has 0 saturated carbocycles. The molecule has 2 rings (SSSR count). The Morgan fingerprint density at radius 3 is 2.71 bits per heavy atom. The SMILES string of the molecule is COc1c(C(=O)Cc2ncccc2C)cccc1[N+](=O)[O-]. The van der Waals surface area contributed by atoms with E-state index in [0.717, 1.165) is 5.56 Å². The van der Waals surface area contributed by atoms with E-state index in [9.17, 15) is 14.9 Å². The van der Waals surface area contributed by atoms with Crippen LogP contribution in [0.3, 0.4) is 0 Å². The predicted molar refractivity (Wildman–Crippen MR) is 76.7 cm³/mol. The van der Waals surface area contributed by atoms with Crippen LogP contribution in [0.1, 0.15) is 21.6 Å². The molecular weight excluding hydrogens is 272 g/mol. The molecule has 0 saturated heterocycles. The summed E-state index contributed by atoms with van der Waals surface area (Å²) >= 11 is 0. The maximum atomic E-state index is 12.4. The first-order chi connectivity index (χ1) is 10.0. The van der Waals surface area contributed by atoms with Gasteiger partial charge in [-0.15, -0.1) is 0 Å². The molecule has 1 heterocycles. The normalized spacial score (nSPS) is 10.2. The van der Waals surface area contributed by atoms with Crippen molar-refractivity contribution >= 4 is 11.5 Å². The molecule has 0 spiro atoms. The number of methoxy groups -OCH3 is 1. The van der Waals surface area contributed by atoms with Gasteiger partial charge in [0, 0.05) is 12.3 Å². The van der Waals surface area contributed by atoms with Crippen molar-refractivity contribution < 1.29 is 14.5 Å². The second-order valence-corrected chi connectivity index (χ2v) is 4.48. The number of aromatic nitrogens is 1. The third-order valence-electron chi connectivity index (χ3n) is 3.14. The second-order valence-electron chi connectivity index (χ2n) is 4.48. The molecule has 1 aromatic carbocycles. The third-order valence-corrected chi connectivity index (χ3v) is 3.14. The number of ketones is 1. The van der Waals surface area contributed by atoms with Gasteiger partial charge in [-0.2, -0.15) is 0 Å². The van der Waals surface area contributed by atoms with Gasteiger partial charge in [0.05, 0.1) is 29.7 Å². The number of nitro benzene ring substituents is 1. The molecule has 6 heteroatoms. The predicted octanol–water partition coefficient (Wildman–Crippen LogP) is 2.73. The monoisotopic (exact) mass is 286 g/mol. The van der Waals surface area contributed by atoms with Gasteiger partial charge >= 0.3 is 5.69 Å². The van der Waals surface area contributed by atoms with Gasteiger partial charge in [0.1, 0.15) is 0 Å². The van der Waals surface area contributed by atoms with Gasteiger partial charge in [-0.05, 0) is 24.6 Å². The number of carbonyl (C=O) groups excluding carboxylic acids is 1. The number of hydrogen-bond acceptors (Lipinski definition) is 5. The average Bonchev–Trinajstić information content (AvgIpc) is 2.48. The number of para-hydroxylation sites is 1. The van der Waals surface area contributed by atoms with E-state index < -0.39 is 4.92 Å². The first-order valence-electron chi connectivity index (χ1n) is 6.29. The lowest BCUT2D eigenvalue weighted by Gasteiger charge is -2.08. The van der Waals surface area contributed by atoms with Crippen LogP contribution in [0.25, 0.3) is 0 Å². The van der Waals surface area contributed by atoms with E-state index in [2.05, 4.69) is 4.98 Å². The lowest BCUT2D eigenvalue weighted by atomic mass is 10.0. The van der Waals surface area contributed by atoms with Crippen molar-refractivity contribution in [1.82, 2.24) is 4.98 Å². The van der Waals surface area contributed by atoms with E-state index in [-0.39, 0.29) is 29.2 Å². The fourth-order valence-corrected chi connectivity index (χ4v) is 2.05. The highest BCUT2D eigenvalue weighted by molar-refractivity contribution is 6.01. The number of nitro groups is 1. The van der Waals surface area contributed by atoms with Crippen molar-refractivity contribution in [3.63, 3.8) is 0 Å². The Bertz CT molecular complexity index is 698. The van der Waals surface area contributed by atoms with Gasteiger partial charge in [0.15, 0.2) is 5.78 Å². The maximum Gasteiger partial charge on any atom is 0.311 e. The van der Waals surface area contributed by atoms with Crippen LogP contribution in [0.15, 0.2) is 36.5 Å². The Labute approximate surface area is 121 Å². The first-order valence-corrected chi connectivity index (χ1v) is 6.29. The number of benzene rings is 1. The van der Waals surface area contributed by atoms with E-state index in [1.165, 1.54) is 25.3 Å². The van der Waals surface area contributed by atoms with Crippen LogP contribution >= 0.6 is 0 Å². The molecule has 0 amide bonds. The van der Waals surface area contributed by atoms with Crippen molar-refractivity contribution in [2.45, 2.75) is 13.3 Å². The van der Waals surface area contributed by atoms with Crippen LogP contribution in [0, 0.1) is 17.0 Å². The van der Waals surface area contributed by atoms with Crippen LogP contribution < -0.4 is 4.74 Å². The van der Waals surface area contributed by atoms with Crippen molar-refractivity contribution in [3.05, 3.63) is 63.5 Å². The molecule has 0 fully saturated rings. The number of pyridine rings is 1. The Balaban J connectivity index is 2.38. The molecule has 0 bridgehead atoms. The van der Waals surface area contributed by atoms with E-state index in [0.29, 0.717) is 5.69 Å². The molecule has 0 atom stereocenters. The average molecular weight is 286 g/mol. The number of rotatable bonds is 5. The minimum absolute atomic E-state index is 0.0129. The lowest BCUT2D eigenvalue weighted by molar-refractivity contribution is -0.385. The molecule has 6 nitrogen and oxygen atoms in total. The summed E-state index contributed by atoms with van der Waals surface area (Å²) in [5, 5.41) is 11.0. The van der Waals surface area contributed by atoms with Gasteiger partial charge in [-0.3, -0.25) is 19.9 Å². The summed E-state index contributed by atoms with van der Waals surface area (Å²) in [6.07, 6.45) is 1.69. The molecule has 1 aromatic heterocycles. The smallest absolute Gasteiger partial charge is 0.311 e. The fourth-order valence-electron chi connectivity index (χ4n) is 2.05. The molecule has 0 aliphatic carbocycles. The van der Waals surface area contributed by atoms with Crippen molar-refractivity contribution in [2.24, 2.45) is 0 Å². The maximum absolute atomic E-state index is 12.4. The van der Waals surface area contributed by atoms with Gasteiger partial charge in [-0.1, -0.05) is 12.1 Å². The largest absolute Gasteiger partial charge is 0.490 e. The van der Waals surface area contributed by atoms with Gasteiger partial charge < -0.3 is 4.74 Å². The van der Waals surface area contributed by atoms with E-state index >= 15 is 0 Å². The van der Waals surface area contributed by atoms with Crippen molar-refractivity contribution in [1.29, 1.82) is 0 Å². The number of Topliss-reactive ketones (excluding diaryl/α,β-unsaturated/α-hetero) is 1. The minimum atomic E-state index is -0.568. The summed E-state index contributed by atoms with van der Waals surface area (Å²) < 4.78 is 5.04. The molecule has 0 N–H and O–H groups in total. The fraction of sp³-hybridized carbons (Fsp3) is 0.200. The summed E-state index contributed by atoms with van der Waals surface area (Å²) in [6.45, 7) is 1.86. The highest BCUT2D eigenvalue weighted by Crippen LogP contribution is 2.31. The molecule has 108 valence electrons. The first kappa shape index (κ1) is 14.6. The molecule has 0 aliphatic rings. The van der Waals surface area contributed by atoms with Crippen LogP contribution in [0.5, 0.6) is 5.75 Å². The zero-order valence-corrected chi connectivity index (χ0v) is 11.7. The van der Waals surface area contributed by atoms with Gasteiger partial charge in [0.2, 0.25) is 5.75 Å². The topological polar surface area (TPSA) is 82.3 Å². The zero-order valence-electron chi connectivity index (χ0n) is 11.7. The van der Waals surface area contributed by atoms with Gasteiger partial charge in [0.25, 0.3) is 0 Å². The van der Waals surface area contributed by atoms with E-state index in [1.807, 2.05) is 13.0 Å². The van der Waals surface area contributed by atoms with Crippen LogP contribution in [0.4, 0.5) is 5.69 Å². The molecule has 21 heavy (non-hydrogen) atoms. The Morgan fingerprint density at radius 2 is 2.10 bits per heavy atom. The number of carbonyl (C=O) groups is 1. The number of aryl methyl sites for hydroxylation is 1. The Morgan fingerprint density at radius 1 is 1.33 bits per heavy atom. The van der Waals surface area contributed by atoms with E-state index in [4.69, 9.17) is 4.74 Å². The minimum Gasteiger partial charge on any atom is -0.490 e. The summed E-state index contributed by atoms with van der Waals surface area (Å²) in [6, 6.07) is 7.95. The lowest BCUT2D eigenvalue weighted by Crippen LogP contribution is -2.09. The van der Waals surface area contributed by atoms with Gasteiger partial charge in [-0.25, -0.2) is 0 Å². The Kier molecular flexibility index (Phi) is 4.27. The third kappa shape index (κ3) is 3.05. The molecule has 2 aromatic rings.